The fraction of sp³-hybridized carbons (Fsp3) is 0.357. The van der Waals surface area contributed by atoms with Crippen LogP contribution in [0.2, 0.25) is 0 Å². The lowest BCUT2D eigenvalue weighted by atomic mass is 10.2. The highest BCUT2D eigenvalue weighted by molar-refractivity contribution is 5.98. The number of nitrogens with zero attached hydrogens (tertiary/aromatic N) is 1. The minimum absolute atomic E-state index is 0.0562. The molecule has 2 aromatic rings. The molecule has 0 bridgehead atoms. The molecule has 1 amide bonds. The van der Waals surface area contributed by atoms with Crippen LogP contribution >= 0.6 is 0 Å². The summed E-state index contributed by atoms with van der Waals surface area (Å²) in [6.45, 7) is 3.17. The predicted octanol–water partition coefficient (Wildman–Crippen LogP) is 1.74. The lowest BCUT2D eigenvalue weighted by Crippen LogP contribution is -2.34. The average molecular weight is 261 g/mol. The molecule has 1 aliphatic heterocycles. The van der Waals surface area contributed by atoms with Crippen LogP contribution in [-0.2, 0) is 0 Å². The van der Waals surface area contributed by atoms with Gasteiger partial charge in [-0.2, -0.15) is 0 Å². The molecule has 1 aromatic carbocycles. The van der Waals surface area contributed by atoms with Crippen LogP contribution in [0.15, 0.2) is 24.3 Å². The molecule has 1 aromatic heterocycles. The zero-order valence-electron chi connectivity index (χ0n) is 10.6. The van der Waals surface area contributed by atoms with Gasteiger partial charge < -0.3 is 15.2 Å². The van der Waals surface area contributed by atoms with E-state index < -0.39 is 0 Å². The highest BCUT2D eigenvalue weighted by atomic mass is 19.1. The molecule has 0 saturated carbocycles. The van der Waals surface area contributed by atoms with E-state index in [0.29, 0.717) is 23.1 Å². The number of hydrogen-bond acceptors (Lipinski definition) is 2. The van der Waals surface area contributed by atoms with Crippen molar-refractivity contribution in [3.8, 4) is 0 Å². The van der Waals surface area contributed by atoms with Crippen LogP contribution in [0.4, 0.5) is 4.39 Å². The number of amides is 1. The number of halogens is 1. The van der Waals surface area contributed by atoms with Crippen LogP contribution in [0.25, 0.3) is 10.9 Å². The van der Waals surface area contributed by atoms with Crippen molar-refractivity contribution in [1.29, 1.82) is 0 Å². The Labute approximate surface area is 110 Å². The number of benzene rings is 1. The van der Waals surface area contributed by atoms with Gasteiger partial charge in [-0.25, -0.2) is 4.39 Å². The van der Waals surface area contributed by atoms with Gasteiger partial charge in [0.2, 0.25) is 0 Å². The van der Waals surface area contributed by atoms with Gasteiger partial charge in [0.1, 0.15) is 11.5 Å². The van der Waals surface area contributed by atoms with Gasteiger partial charge in [-0.05, 0) is 31.2 Å². The molecule has 5 heteroatoms. The minimum Gasteiger partial charge on any atom is -0.350 e. The second kappa shape index (κ2) is 5.01. The van der Waals surface area contributed by atoms with Gasteiger partial charge >= 0.3 is 0 Å². The Morgan fingerprint density at radius 2 is 2.16 bits per heavy atom. The minimum atomic E-state index is -0.301. The molecule has 0 spiro atoms. The van der Waals surface area contributed by atoms with Crippen LogP contribution in [0.1, 0.15) is 16.9 Å². The van der Waals surface area contributed by atoms with Crippen molar-refractivity contribution in [3.63, 3.8) is 0 Å². The molecular weight excluding hydrogens is 245 g/mol. The summed E-state index contributed by atoms with van der Waals surface area (Å²) in [4.78, 5) is 17.2. The maximum absolute atomic E-state index is 13.6. The SMILES string of the molecule is O=C(c1cc2c(F)cccc2[nH]1)N1CCCNCC1. The number of carbonyl (C=O) groups excluding carboxylic acids is 1. The third-order valence-corrected chi connectivity index (χ3v) is 3.47. The van der Waals surface area contributed by atoms with E-state index in [1.165, 1.54) is 6.07 Å². The second-order valence-corrected chi connectivity index (χ2v) is 4.78. The van der Waals surface area contributed by atoms with Crippen LogP contribution in [0.3, 0.4) is 0 Å². The Morgan fingerprint density at radius 3 is 3.00 bits per heavy atom. The molecule has 1 aliphatic rings. The predicted molar refractivity (Wildman–Crippen MR) is 71.6 cm³/mol. The van der Waals surface area contributed by atoms with Crippen molar-refractivity contribution in [2.45, 2.75) is 6.42 Å². The van der Waals surface area contributed by atoms with E-state index >= 15 is 0 Å². The van der Waals surface area contributed by atoms with Gasteiger partial charge in [-0.15, -0.1) is 0 Å². The molecule has 2 N–H and O–H groups in total. The molecule has 0 unspecified atom stereocenters. The number of fused-ring (bicyclic) bond motifs is 1. The fourth-order valence-electron chi connectivity index (χ4n) is 2.45. The number of carbonyl (C=O) groups is 1. The first-order valence-electron chi connectivity index (χ1n) is 6.53. The van der Waals surface area contributed by atoms with Crippen LogP contribution in [0, 0.1) is 5.82 Å². The summed E-state index contributed by atoms with van der Waals surface area (Å²) in [5.74, 6) is -0.357. The molecule has 100 valence electrons. The monoisotopic (exact) mass is 261 g/mol. The van der Waals surface area contributed by atoms with Gasteiger partial charge in [0.25, 0.3) is 5.91 Å². The molecule has 1 fully saturated rings. The zero-order valence-corrected chi connectivity index (χ0v) is 10.6. The van der Waals surface area contributed by atoms with E-state index in [1.54, 1.807) is 18.2 Å². The summed E-state index contributed by atoms with van der Waals surface area (Å²) < 4.78 is 13.6. The third kappa shape index (κ3) is 2.33. The Hall–Kier alpha value is -1.88. The van der Waals surface area contributed by atoms with Crippen molar-refractivity contribution in [2.24, 2.45) is 0 Å². The maximum Gasteiger partial charge on any atom is 0.270 e. The largest absolute Gasteiger partial charge is 0.350 e. The van der Waals surface area contributed by atoms with Gasteiger partial charge in [0.05, 0.1) is 0 Å². The molecule has 0 aliphatic carbocycles. The zero-order chi connectivity index (χ0) is 13.2. The number of H-pyrrole nitrogens is 1. The number of hydrogen-bond donors (Lipinski definition) is 2. The molecular formula is C14H16FN3O. The van der Waals surface area contributed by atoms with Crippen molar-refractivity contribution in [3.05, 3.63) is 35.8 Å². The summed E-state index contributed by atoms with van der Waals surface area (Å²) in [5, 5.41) is 3.73. The normalized spacial score (nSPS) is 16.6. The smallest absolute Gasteiger partial charge is 0.270 e. The number of rotatable bonds is 1. The Bertz CT molecular complexity index is 600. The maximum atomic E-state index is 13.6. The highest BCUT2D eigenvalue weighted by Gasteiger charge is 2.19. The van der Waals surface area contributed by atoms with Crippen molar-refractivity contribution >= 4 is 16.8 Å². The molecule has 4 nitrogen and oxygen atoms in total. The topological polar surface area (TPSA) is 48.1 Å². The van der Waals surface area contributed by atoms with E-state index in [9.17, 15) is 9.18 Å². The molecule has 19 heavy (non-hydrogen) atoms. The van der Waals surface area contributed by atoms with Gasteiger partial charge in [0, 0.05) is 30.5 Å². The van der Waals surface area contributed by atoms with E-state index in [1.807, 2.05) is 4.90 Å². The first-order chi connectivity index (χ1) is 9.25. The third-order valence-electron chi connectivity index (χ3n) is 3.47. The summed E-state index contributed by atoms with van der Waals surface area (Å²) in [5.41, 5.74) is 1.12. The van der Waals surface area contributed by atoms with Gasteiger partial charge in [-0.3, -0.25) is 4.79 Å². The standard InChI is InChI=1S/C14H16FN3O/c15-11-3-1-4-12-10(11)9-13(17-12)14(19)18-7-2-5-16-6-8-18/h1,3-4,9,16-17H,2,5-8H2. The van der Waals surface area contributed by atoms with Crippen LogP contribution in [-0.4, -0.2) is 42.0 Å². The number of nitrogens with one attached hydrogen (secondary N) is 2. The Morgan fingerprint density at radius 1 is 1.26 bits per heavy atom. The summed E-state index contributed by atoms with van der Waals surface area (Å²) in [6.07, 6.45) is 0.945. The first kappa shape index (κ1) is 12.2. The lowest BCUT2D eigenvalue weighted by Gasteiger charge is -2.18. The Balaban J connectivity index is 1.90. The fourth-order valence-corrected chi connectivity index (χ4v) is 2.45. The molecule has 0 radical (unpaired) electrons. The Kier molecular flexibility index (Phi) is 3.21. The number of aromatic nitrogens is 1. The lowest BCUT2D eigenvalue weighted by molar-refractivity contribution is 0.0761. The number of aromatic amines is 1. The summed E-state index contributed by atoms with van der Waals surface area (Å²) in [6, 6.07) is 6.42. The van der Waals surface area contributed by atoms with E-state index in [0.717, 1.165) is 26.1 Å². The van der Waals surface area contributed by atoms with Gasteiger partial charge in [-0.1, -0.05) is 6.07 Å². The molecule has 0 atom stereocenters. The summed E-state index contributed by atoms with van der Waals surface area (Å²) >= 11 is 0. The van der Waals surface area contributed by atoms with Crippen molar-refractivity contribution in [1.82, 2.24) is 15.2 Å². The summed E-state index contributed by atoms with van der Waals surface area (Å²) in [7, 11) is 0. The van der Waals surface area contributed by atoms with Crippen molar-refractivity contribution < 1.29 is 9.18 Å². The van der Waals surface area contributed by atoms with E-state index in [-0.39, 0.29) is 11.7 Å². The van der Waals surface area contributed by atoms with Crippen molar-refractivity contribution in [2.75, 3.05) is 26.2 Å². The van der Waals surface area contributed by atoms with Crippen LogP contribution < -0.4 is 5.32 Å². The van der Waals surface area contributed by atoms with E-state index in [4.69, 9.17) is 0 Å². The second-order valence-electron chi connectivity index (χ2n) is 4.78. The van der Waals surface area contributed by atoms with E-state index in [2.05, 4.69) is 10.3 Å². The molecule has 1 saturated heterocycles. The highest BCUT2D eigenvalue weighted by Crippen LogP contribution is 2.19. The quantitative estimate of drug-likeness (QED) is 0.821. The van der Waals surface area contributed by atoms with Crippen LogP contribution in [0.5, 0.6) is 0 Å². The molecule has 3 rings (SSSR count). The first-order valence-corrected chi connectivity index (χ1v) is 6.53. The average Bonchev–Trinajstić information content (AvgIpc) is 2.67. The van der Waals surface area contributed by atoms with Gasteiger partial charge in [0.15, 0.2) is 0 Å². The molecule has 2 heterocycles.